The van der Waals surface area contributed by atoms with Gasteiger partial charge >= 0.3 is 0 Å². The topological polar surface area (TPSA) is 57.6 Å². The molecule has 0 aliphatic rings. The molecule has 0 atom stereocenters. The van der Waals surface area contributed by atoms with Gasteiger partial charge in [0.05, 0.1) is 12.3 Å². The summed E-state index contributed by atoms with van der Waals surface area (Å²) < 4.78 is 22.0. The molecule has 0 saturated heterocycles. The fourth-order valence-corrected chi connectivity index (χ4v) is 1.26. The van der Waals surface area contributed by atoms with E-state index >= 15 is 0 Å². The van der Waals surface area contributed by atoms with Gasteiger partial charge < -0.3 is 0 Å². The van der Waals surface area contributed by atoms with E-state index < -0.39 is 10.0 Å². The van der Waals surface area contributed by atoms with Gasteiger partial charge in [-0.15, -0.1) is 13.2 Å². The van der Waals surface area contributed by atoms with Crippen LogP contribution < -0.4 is 0 Å². The summed E-state index contributed by atoms with van der Waals surface area (Å²) >= 11 is 0. The maximum Gasteiger partial charge on any atom is 0.239 e. The Hall–Kier alpha value is -0.650. The first kappa shape index (κ1) is 10.3. The van der Waals surface area contributed by atoms with Crippen LogP contribution in [0.1, 0.15) is 0 Å². The molecule has 0 fully saturated rings. The molecule has 1 N–H and O–H groups in total. The zero-order chi connectivity index (χ0) is 8.91. The van der Waals surface area contributed by atoms with E-state index in [1.54, 1.807) is 0 Å². The number of rotatable bonds is 5. The lowest BCUT2D eigenvalue weighted by atomic mass is 10.7. The van der Waals surface area contributed by atoms with Crippen molar-refractivity contribution in [3.63, 3.8) is 0 Å². The van der Waals surface area contributed by atoms with E-state index in [0.717, 1.165) is 0 Å². The van der Waals surface area contributed by atoms with Gasteiger partial charge in [-0.25, -0.2) is 8.42 Å². The summed E-state index contributed by atoms with van der Waals surface area (Å²) in [6.07, 6.45) is 2.50. The number of sulfonamides is 1. The molecule has 0 aliphatic carbocycles. The van der Waals surface area contributed by atoms with E-state index in [2.05, 4.69) is 13.2 Å². The van der Waals surface area contributed by atoms with Crippen LogP contribution in [0.2, 0.25) is 0 Å². The second-order valence-electron chi connectivity index (χ2n) is 1.86. The Morgan fingerprint density at radius 1 is 1.36 bits per heavy atom. The van der Waals surface area contributed by atoms with Gasteiger partial charge in [-0.3, -0.25) is 5.21 Å². The van der Waals surface area contributed by atoms with Crippen molar-refractivity contribution in [3.8, 4) is 0 Å². The Morgan fingerprint density at radius 2 is 1.91 bits per heavy atom. The zero-order valence-corrected chi connectivity index (χ0v) is 6.92. The molecule has 11 heavy (non-hydrogen) atoms. The first-order chi connectivity index (χ1) is 5.04. The van der Waals surface area contributed by atoms with Crippen molar-refractivity contribution in [2.45, 2.75) is 0 Å². The molecule has 0 bridgehead atoms. The summed E-state index contributed by atoms with van der Waals surface area (Å²) in [5.41, 5.74) is 0. The minimum absolute atomic E-state index is 0.101. The molecule has 0 radical (unpaired) electrons. The number of hydroxylamine groups is 1. The second-order valence-corrected chi connectivity index (χ2v) is 3.78. The van der Waals surface area contributed by atoms with Gasteiger partial charge in [-0.1, -0.05) is 16.6 Å². The molecule has 0 unspecified atom stereocenters. The van der Waals surface area contributed by atoms with Crippen molar-refractivity contribution in [3.05, 3.63) is 25.3 Å². The minimum atomic E-state index is -3.57. The molecule has 4 nitrogen and oxygen atoms in total. The van der Waals surface area contributed by atoms with Gasteiger partial charge in [0, 0.05) is 0 Å². The molecule has 0 aromatic carbocycles. The van der Waals surface area contributed by atoms with Crippen LogP contribution in [0, 0.1) is 0 Å². The van der Waals surface area contributed by atoms with Gasteiger partial charge in [0.1, 0.15) is 0 Å². The lowest BCUT2D eigenvalue weighted by Gasteiger charge is -2.10. The SMILES string of the molecule is C=CCN(O)S(=O)(=O)CC=C. The highest BCUT2D eigenvalue weighted by molar-refractivity contribution is 7.89. The predicted molar refractivity (Wildman–Crippen MR) is 42.7 cm³/mol. The maximum atomic E-state index is 10.9. The fourth-order valence-electron chi connectivity index (χ4n) is 0.459. The summed E-state index contributed by atoms with van der Waals surface area (Å²) in [6, 6.07) is 0. The Labute approximate surface area is 66.5 Å². The quantitative estimate of drug-likeness (QED) is 0.488. The Balaban J connectivity index is 4.29. The molecular weight excluding hydrogens is 166 g/mol. The Kier molecular flexibility index (Phi) is 4.02. The average Bonchev–Trinajstić information content (AvgIpc) is 1.88. The normalized spacial score (nSPS) is 11.5. The average molecular weight is 177 g/mol. The lowest BCUT2D eigenvalue weighted by molar-refractivity contribution is 0.0155. The van der Waals surface area contributed by atoms with Crippen LogP contribution in [0.4, 0.5) is 0 Å². The van der Waals surface area contributed by atoms with E-state index in [-0.39, 0.29) is 16.8 Å². The summed E-state index contributed by atoms with van der Waals surface area (Å²) in [6.45, 7) is 6.43. The highest BCUT2D eigenvalue weighted by Crippen LogP contribution is 1.96. The van der Waals surface area contributed by atoms with Crippen LogP contribution >= 0.6 is 0 Å². The van der Waals surface area contributed by atoms with Crippen molar-refractivity contribution in [2.24, 2.45) is 0 Å². The highest BCUT2D eigenvalue weighted by Gasteiger charge is 2.15. The largest absolute Gasteiger partial charge is 0.299 e. The van der Waals surface area contributed by atoms with Crippen molar-refractivity contribution in [2.75, 3.05) is 12.3 Å². The third kappa shape index (κ3) is 3.31. The summed E-state index contributed by atoms with van der Waals surface area (Å²) in [7, 11) is -3.57. The molecular formula is C6H11NO3S. The number of nitrogens with zero attached hydrogens (tertiary/aromatic N) is 1. The fraction of sp³-hybridized carbons (Fsp3) is 0.333. The first-order valence-electron chi connectivity index (χ1n) is 2.95. The van der Waals surface area contributed by atoms with Gasteiger partial charge in [0.2, 0.25) is 10.0 Å². The Morgan fingerprint density at radius 3 is 2.27 bits per heavy atom. The van der Waals surface area contributed by atoms with Crippen LogP contribution in [0.15, 0.2) is 25.3 Å². The maximum absolute atomic E-state index is 10.9. The van der Waals surface area contributed by atoms with Gasteiger partial charge in [0.25, 0.3) is 0 Å². The zero-order valence-electron chi connectivity index (χ0n) is 6.10. The van der Waals surface area contributed by atoms with Crippen molar-refractivity contribution >= 4 is 10.0 Å². The predicted octanol–water partition coefficient (Wildman–Crippen LogP) is 0.379. The summed E-state index contributed by atoms with van der Waals surface area (Å²) in [5, 5.41) is 8.83. The third-order valence-electron chi connectivity index (χ3n) is 0.935. The van der Waals surface area contributed by atoms with E-state index in [1.165, 1.54) is 12.2 Å². The van der Waals surface area contributed by atoms with Crippen molar-refractivity contribution in [1.29, 1.82) is 0 Å². The molecule has 0 saturated carbocycles. The molecule has 5 heteroatoms. The van der Waals surface area contributed by atoms with Crippen LogP contribution in [-0.4, -0.2) is 30.4 Å². The lowest BCUT2D eigenvalue weighted by Crippen LogP contribution is -2.29. The van der Waals surface area contributed by atoms with Gasteiger partial charge in [-0.05, 0) is 0 Å². The van der Waals surface area contributed by atoms with Crippen molar-refractivity contribution in [1.82, 2.24) is 4.47 Å². The monoisotopic (exact) mass is 177 g/mol. The number of hydrogen-bond acceptors (Lipinski definition) is 3. The van der Waals surface area contributed by atoms with E-state index in [4.69, 9.17) is 5.21 Å². The summed E-state index contributed by atoms with van der Waals surface area (Å²) in [4.78, 5) is 0. The van der Waals surface area contributed by atoms with E-state index in [9.17, 15) is 8.42 Å². The van der Waals surface area contributed by atoms with Crippen LogP contribution in [0.3, 0.4) is 0 Å². The molecule has 0 heterocycles. The Bertz CT molecular complexity index is 232. The summed E-state index contributed by atoms with van der Waals surface area (Å²) in [5.74, 6) is -0.267. The molecule has 0 spiro atoms. The molecule has 64 valence electrons. The molecule has 0 rings (SSSR count). The van der Waals surface area contributed by atoms with Crippen LogP contribution in [-0.2, 0) is 10.0 Å². The van der Waals surface area contributed by atoms with E-state index in [1.807, 2.05) is 0 Å². The molecule has 0 aromatic heterocycles. The van der Waals surface area contributed by atoms with Crippen LogP contribution in [0.25, 0.3) is 0 Å². The minimum Gasteiger partial charge on any atom is -0.299 e. The first-order valence-corrected chi connectivity index (χ1v) is 4.56. The highest BCUT2D eigenvalue weighted by atomic mass is 32.2. The molecule has 0 amide bonds. The molecule has 0 aromatic rings. The van der Waals surface area contributed by atoms with Crippen LogP contribution in [0.5, 0.6) is 0 Å². The van der Waals surface area contributed by atoms with Gasteiger partial charge in [0.15, 0.2) is 0 Å². The third-order valence-corrected chi connectivity index (χ3v) is 2.38. The molecule has 0 aliphatic heterocycles. The van der Waals surface area contributed by atoms with Crippen molar-refractivity contribution < 1.29 is 13.6 Å². The standard InChI is InChI=1S/C6H11NO3S/c1-3-5-7(8)11(9,10)6-4-2/h3-4,8H,1-2,5-6H2. The second kappa shape index (κ2) is 4.27. The van der Waals surface area contributed by atoms with E-state index in [0.29, 0.717) is 0 Å². The smallest absolute Gasteiger partial charge is 0.239 e. The van der Waals surface area contributed by atoms with Gasteiger partial charge in [-0.2, -0.15) is 0 Å². The number of hydrogen-bond donors (Lipinski definition) is 1.